The zero-order valence-corrected chi connectivity index (χ0v) is 16.6. The summed E-state index contributed by atoms with van der Waals surface area (Å²) < 4.78 is 5.79. The Morgan fingerprint density at radius 2 is 1.89 bits per heavy atom. The summed E-state index contributed by atoms with van der Waals surface area (Å²) in [6.07, 6.45) is 1.22. The summed E-state index contributed by atoms with van der Waals surface area (Å²) in [6.45, 7) is 6.95. The maximum Gasteiger partial charge on any atom is 0.317 e. The third kappa shape index (κ3) is 5.53. The van der Waals surface area contributed by atoms with Crippen LogP contribution in [0.1, 0.15) is 25.3 Å². The van der Waals surface area contributed by atoms with Crippen LogP contribution in [0.25, 0.3) is 0 Å². The van der Waals surface area contributed by atoms with E-state index in [0.717, 1.165) is 25.9 Å². The Bertz CT molecular complexity index is 646. The first-order valence-corrected chi connectivity index (χ1v) is 10.2. The van der Waals surface area contributed by atoms with Gasteiger partial charge in [0.25, 0.3) is 5.91 Å². The second-order valence-electron chi connectivity index (χ2n) is 7.59. The summed E-state index contributed by atoms with van der Waals surface area (Å²) in [6, 6.07) is 10.5. The van der Waals surface area contributed by atoms with Gasteiger partial charge < -0.3 is 14.7 Å². The largest absolute Gasteiger partial charge is 0.480 e. The second-order valence-corrected chi connectivity index (χ2v) is 7.59. The van der Waals surface area contributed by atoms with Gasteiger partial charge in [-0.15, -0.1) is 0 Å². The zero-order chi connectivity index (χ0) is 19.9. The van der Waals surface area contributed by atoms with Crippen LogP contribution in [0.15, 0.2) is 30.3 Å². The second kappa shape index (κ2) is 10.0. The van der Waals surface area contributed by atoms with Crippen molar-refractivity contribution >= 4 is 11.9 Å². The van der Waals surface area contributed by atoms with E-state index in [1.54, 1.807) is 0 Å². The van der Waals surface area contributed by atoms with Crippen LogP contribution in [-0.4, -0.2) is 89.7 Å². The van der Waals surface area contributed by atoms with Crippen molar-refractivity contribution in [3.63, 3.8) is 0 Å². The first kappa shape index (κ1) is 20.8. The number of amides is 1. The van der Waals surface area contributed by atoms with Crippen molar-refractivity contribution in [2.75, 3.05) is 45.9 Å². The molecule has 0 aliphatic carbocycles. The molecule has 154 valence electrons. The molecule has 0 aromatic heterocycles. The molecule has 28 heavy (non-hydrogen) atoms. The molecule has 0 spiro atoms. The monoisotopic (exact) mass is 389 g/mol. The Hall–Kier alpha value is -1.96. The van der Waals surface area contributed by atoms with Gasteiger partial charge in [0, 0.05) is 38.8 Å². The van der Waals surface area contributed by atoms with E-state index < -0.39 is 12.1 Å². The van der Waals surface area contributed by atoms with Crippen LogP contribution in [0.2, 0.25) is 0 Å². The molecule has 3 rings (SSSR count). The van der Waals surface area contributed by atoms with Crippen LogP contribution in [-0.2, 0) is 20.9 Å². The van der Waals surface area contributed by atoms with Gasteiger partial charge in [-0.2, -0.15) is 0 Å². The van der Waals surface area contributed by atoms with Gasteiger partial charge in [-0.1, -0.05) is 37.3 Å². The Morgan fingerprint density at radius 1 is 1.18 bits per heavy atom. The van der Waals surface area contributed by atoms with E-state index in [1.807, 2.05) is 34.9 Å². The number of aliphatic carboxylic acids is 1. The molecule has 1 atom stereocenters. The van der Waals surface area contributed by atoms with Crippen molar-refractivity contribution in [1.82, 2.24) is 14.7 Å². The van der Waals surface area contributed by atoms with Crippen molar-refractivity contribution in [2.24, 2.45) is 0 Å². The quantitative estimate of drug-likeness (QED) is 0.758. The average molecular weight is 389 g/mol. The van der Waals surface area contributed by atoms with E-state index in [1.165, 1.54) is 5.56 Å². The van der Waals surface area contributed by atoms with Crippen LogP contribution in [0.3, 0.4) is 0 Å². The highest BCUT2D eigenvalue weighted by Gasteiger charge is 2.33. The molecule has 2 aliphatic heterocycles. The molecule has 1 N–H and O–H groups in total. The molecule has 2 saturated heterocycles. The van der Waals surface area contributed by atoms with Gasteiger partial charge in [-0.25, -0.2) is 0 Å². The fourth-order valence-corrected chi connectivity index (χ4v) is 4.17. The van der Waals surface area contributed by atoms with Crippen LogP contribution < -0.4 is 0 Å². The van der Waals surface area contributed by atoms with Crippen molar-refractivity contribution in [2.45, 2.75) is 38.5 Å². The first-order chi connectivity index (χ1) is 13.6. The topological polar surface area (TPSA) is 73.3 Å². The van der Waals surface area contributed by atoms with Crippen LogP contribution >= 0.6 is 0 Å². The molecule has 2 heterocycles. The lowest BCUT2D eigenvalue weighted by Gasteiger charge is -2.40. The highest BCUT2D eigenvalue weighted by atomic mass is 16.5. The average Bonchev–Trinajstić information content (AvgIpc) is 2.72. The molecule has 0 radical (unpaired) electrons. The van der Waals surface area contributed by atoms with Gasteiger partial charge in [0.1, 0.15) is 6.10 Å². The van der Waals surface area contributed by atoms with Crippen molar-refractivity contribution < 1.29 is 19.4 Å². The molecule has 2 fully saturated rings. The van der Waals surface area contributed by atoms with E-state index in [-0.39, 0.29) is 18.5 Å². The number of hydrogen-bond acceptors (Lipinski definition) is 5. The Kier molecular flexibility index (Phi) is 7.42. The summed E-state index contributed by atoms with van der Waals surface area (Å²) in [4.78, 5) is 30.1. The van der Waals surface area contributed by atoms with Crippen molar-refractivity contribution in [3.8, 4) is 0 Å². The molecular formula is C21H31N3O4. The lowest BCUT2D eigenvalue weighted by Crippen LogP contribution is -2.54. The SMILES string of the molecule is CCN(CC(=O)O)C1CCN(C(=O)C2CN(Cc3ccccc3)CCO2)CC1. The van der Waals surface area contributed by atoms with Crippen molar-refractivity contribution in [3.05, 3.63) is 35.9 Å². The van der Waals surface area contributed by atoms with E-state index in [9.17, 15) is 9.59 Å². The number of carbonyl (C=O) groups excluding carboxylic acids is 1. The van der Waals surface area contributed by atoms with Gasteiger partial charge in [-0.3, -0.25) is 19.4 Å². The summed E-state index contributed by atoms with van der Waals surface area (Å²) in [5.74, 6) is -0.730. The number of rotatable bonds is 7. The lowest BCUT2D eigenvalue weighted by atomic mass is 10.0. The summed E-state index contributed by atoms with van der Waals surface area (Å²) >= 11 is 0. The minimum absolute atomic E-state index is 0.0648. The van der Waals surface area contributed by atoms with Crippen molar-refractivity contribution in [1.29, 1.82) is 0 Å². The number of hydrogen-bond donors (Lipinski definition) is 1. The maximum atomic E-state index is 12.9. The fraction of sp³-hybridized carbons (Fsp3) is 0.619. The summed E-state index contributed by atoms with van der Waals surface area (Å²) in [7, 11) is 0. The normalized spacial score (nSPS) is 21.8. The Labute approximate surface area is 166 Å². The predicted octanol–water partition coefficient (Wildman–Crippen LogP) is 1.28. The molecule has 1 unspecified atom stereocenters. The molecule has 7 nitrogen and oxygen atoms in total. The number of carboxylic acid groups (broad SMARTS) is 1. The smallest absolute Gasteiger partial charge is 0.317 e. The van der Waals surface area contributed by atoms with E-state index in [2.05, 4.69) is 17.0 Å². The highest BCUT2D eigenvalue weighted by molar-refractivity contribution is 5.81. The molecule has 2 aliphatic rings. The molecule has 1 aromatic carbocycles. The molecule has 0 bridgehead atoms. The first-order valence-electron chi connectivity index (χ1n) is 10.2. The standard InChI is InChI=1S/C21H31N3O4/c1-2-23(16-20(25)26)18-8-10-24(11-9-18)21(27)19-15-22(12-13-28-19)14-17-6-4-3-5-7-17/h3-7,18-19H,2,8-16H2,1H3,(H,25,26). The predicted molar refractivity (Wildman–Crippen MR) is 106 cm³/mol. The highest BCUT2D eigenvalue weighted by Crippen LogP contribution is 2.19. The zero-order valence-electron chi connectivity index (χ0n) is 16.6. The molecule has 1 amide bonds. The fourth-order valence-electron chi connectivity index (χ4n) is 4.17. The maximum absolute atomic E-state index is 12.9. The van der Waals surface area contributed by atoms with Gasteiger partial charge >= 0.3 is 5.97 Å². The lowest BCUT2D eigenvalue weighted by molar-refractivity contribution is -0.151. The van der Waals surface area contributed by atoms with E-state index in [0.29, 0.717) is 32.8 Å². The van der Waals surface area contributed by atoms with E-state index in [4.69, 9.17) is 9.84 Å². The number of piperidine rings is 1. The van der Waals surface area contributed by atoms with Gasteiger partial charge in [0.05, 0.1) is 13.2 Å². The van der Waals surface area contributed by atoms with Gasteiger partial charge in [-0.05, 0) is 24.9 Å². The van der Waals surface area contributed by atoms with Gasteiger partial charge in [0.2, 0.25) is 0 Å². The number of carbonyl (C=O) groups is 2. The molecular weight excluding hydrogens is 358 g/mol. The van der Waals surface area contributed by atoms with Crippen LogP contribution in [0.4, 0.5) is 0 Å². The minimum atomic E-state index is -0.797. The van der Waals surface area contributed by atoms with Gasteiger partial charge in [0.15, 0.2) is 0 Å². The number of nitrogens with zero attached hydrogens (tertiary/aromatic N) is 3. The summed E-state index contributed by atoms with van der Waals surface area (Å²) in [5, 5.41) is 9.06. The number of carboxylic acids is 1. The number of likely N-dealkylation sites (N-methyl/N-ethyl adjacent to an activating group) is 1. The Morgan fingerprint density at radius 3 is 2.54 bits per heavy atom. The number of benzene rings is 1. The molecule has 7 heteroatoms. The minimum Gasteiger partial charge on any atom is -0.480 e. The molecule has 1 aromatic rings. The summed E-state index contributed by atoms with van der Waals surface area (Å²) in [5.41, 5.74) is 1.24. The van der Waals surface area contributed by atoms with E-state index >= 15 is 0 Å². The number of ether oxygens (including phenoxy) is 1. The van der Waals surface area contributed by atoms with Crippen LogP contribution in [0.5, 0.6) is 0 Å². The number of morpholine rings is 1. The number of likely N-dealkylation sites (tertiary alicyclic amines) is 1. The third-order valence-corrected chi connectivity index (χ3v) is 5.71. The molecule has 0 saturated carbocycles. The van der Waals surface area contributed by atoms with Crippen LogP contribution in [0, 0.1) is 0 Å². The Balaban J connectivity index is 1.49. The third-order valence-electron chi connectivity index (χ3n) is 5.71.